The number of aromatic amines is 1. The molecular formula is C16H21N3O3. The highest BCUT2D eigenvalue weighted by molar-refractivity contribution is 5.91. The molecule has 2 N–H and O–H groups in total. The van der Waals surface area contributed by atoms with Crippen LogP contribution in [0.4, 0.5) is 10.5 Å². The summed E-state index contributed by atoms with van der Waals surface area (Å²) in [7, 11) is 1.96. The van der Waals surface area contributed by atoms with Crippen LogP contribution in [0.1, 0.15) is 26.3 Å². The first-order valence-corrected chi connectivity index (χ1v) is 7.07. The maximum absolute atomic E-state index is 12.1. The number of hydrogen-bond acceptors (Lipinski definition) is 4. The number of nitrogens with one attached hydrogen (secondary N) is 2. The van der Waals surface area contributed by atoms with E-state index in [2.05, 4.69) is 10.3 Å². The monoisotopic (exact) mass is 303 g/mol. The number of hydrogen-bond donors (Lipinski definition) is 2. The molecule has 2 heterocycles. The highest BCUT2D eigenvalue weighted by Crippen LogP contribution is 2.24. The second kappa shape index (κ2) is 6.09. The third-order valence-corrected chi connectivity index (χ3v) is 3.01. The molecule has 1 aromatic heterocycles. The Morgan fingerprint density at radius 1 is 1.41 bits per heavy atom. The molecule has 0 unspecified atom stereocenters. The van der Waals surface area contributed by atoms with Crippen molar-refractivity contribution in [1.82, 2.24) is 9.88 Å². The van der Waals surface area contributed by atoms with Gasteiger partial charge in [-0.25, -0.2) is 4.79 Å². The van der Waals surface area contributed by atoms with E-state index in [1.54, 1.807) is 33.0 Å². The number of amides is 1. The summed E-state index contributed by atoms with van der Waals surface area (Å²) in [5.74, 6) is 0. The Morgan fingerprint density at radius 3 is 2.73 bits per heavy atom. The van der Waals surface area contributed by atoms with Gasteiger partial charge in [-0.15, -0.1) is 0 Å². The fourth-order valence-electron chi connectivity index (χ4n) is 2.03. The molecule has 0 aliphatic carbocycles. The molecule has 0 fully saturated rings. The summed E-state index contributed by atoms with van der Waals surface area (Å²) in [4.78, 5) is 28.6. The van der Waals surface area contributed by atoms with Crippen LogP contribution in [0.5, 0.6) is 0 Å². The average Bonchev–Trinajstić information content (AvgIpc) is 2.40. The van der Waals surface area contributed by atoms with Crippen molar-refractivity contribution >= 4 is 17.4 Å². The molecule has 6 nitrogen and oxygen atoms in total. The van der Waals surface area contributed by atoms with Gasteiger partial charge in [0.2, 0.25) is 0 Å². The summed E-state index contributed by atoms with van der Waals surface area (Å²) in [6.45, 7) is 6.05. The number of aromatic nitrogens is 1. The van der Waals surface area contributed by atoms with Crippen molar-refractivity contribution in [3.05, 3.63) is 46.5 Å². The van der Waals surface area contributed by atoms with Crippen LogP contribution in [0.25, 0.3) is 5.57 Å². The Balaban J connectivity index is 2.30. The van der Waals surface area contributed by atoms with Crippen molar-refractivity contribution in [3.8, 4) is 0 Å². The molecule has 1 aliphatic heterocycles. The second-order valence-electron chi connectivity index (χ2n) is 6.14. The average molecular weight is 303 g/mol. The molecule has 1 aliphatic rings. The van der Waals surface area contributed by atoms with Crippen LogP contribution < -0.4 is 10.9 Å². The zero-order chi connectivity index (χ0) is 16.3. The van der Waals surface area contributed by atoms with Gasteiger partial charge in [-0.2, -0.15) is 0 Å². The van der Waals surface area contributed by atoms with Crippen molar-refractivity contribution < 1.29 is 9.53 Å². The third kappa shape index (κ3) is 4.00. The molecule has 0 saturated heterocycles. The van der Waals surface area contributed by atoms with E-state index < -0.39 is 11.7 Å². The number of rotatable bonds is 2. The van der Waals surface area contributed by atoms with Crippen LogP contribution in [0.3, 0.4) is 0 Å². The Morgan fingerprint density at radius 2 is 2.14 bits per heavy atom. The van der Waals surface area contributed by atoms with E-state index in [1.807, 2.05) is 30.3 Å². The van der Waals surface area contributed by atoms with Gasteiger partial charge >= 0.3 is 6.09 Å². The predicted octanol–water partition coefficient (Wildman–Crippen LogP) is 2.56. The first kappa shape index (κ1) is 15.9. The Labute approximate surface area is 129 Å². The number of H-pyrrole nitrogens is 1. The molecule has 0 aromatic carbocycles. The van der Waals surface area contributed by atoms with Gasteiger partial charge in [0.05, 0.1) is 0 Å². The lowest BCUT2D eigenvalue weighted by molar-refractivity contribution is 0.0635. The second-order valence-corrected chi connectivity index (χ2v) is 6.14. The lowest BCUT2D eigenvalue weighted by atomic mass is 10.0. The van der Waals surface area contributed by atoms with E-state index in [1.165, 1.54) is 0 Å². The van der Waals surface area contributed by atoms with Gasteiger partial charge in [0.15, 0.2) is 0 Å². The number of anilines is 1. The SMILES string of the molecule is CN1C=CC(c2cc[nH]c(=O)c2NC(=O)OC(C)(C)C)=CC1. The molecule has 0 saturated carbocycles. The molecule has 1 aromatic rings. The molecular weight excluding hydrogens is 282 g/mol. The number of allylic oxidation sites excluding steroid dienone is 2. The number of carbonyl (C=O) groups is 1. The quantitative estimate of drug-likeness (QED) is 0.880. The first-order valence-electron chi connectivity index (χ1n) is 7.07. The smallest absolute Gasteiger partial charge is 0.412 e. The Bertz CT molecular complexity index is 681. The zero-order valence-corrected chi connectivity index (χ0v) is 13.3. The van der Waals surface area contributed by atoms with E-state index in [0.717, 1.165) is 12.1 Å². The number of nitrogens with zero attached hydrogens (tertiary/aromatic N) is 1. The fraction of sp³-hybridized carbons (Fsp3) is 0.375. The summed E-state index contributed by atoms with van der Waals surface area (Å²) in [6.07, 6.45) is 6.73. The summed E-state index contributed by atoms with van der Waals surface area (Å²) >= 11 is 0. The predicted molar refractivity (Wildman–Crippen MR) is 86.7 cm³/mol. The minimum Gasteiger partial charge on any atom is -0.444 e. The van der Waals surface area contributed by atoms with Gasteiger partial charge in [0, 0.05) is 25.4 Å². The first-order chi connectivity index (χ1) is 10.3. The summed E-state index contributed by atoms with van der Waals surface area (Å²) < 4.78 is 5.21. The van der Waals surface area contributed by atoms with Gasteiger partial charge in [-0.3, -0.25) is 10.1 Å². The Kier molecular flexibility index (Phi) is 4.40. The van der Waals surface area contributed by atoms with Crippen LogP contribution in [0.2, 0.25) is 0 Å². The molecule has 6 heteroatoms. The molecule has 1 amide bonds. The highest BCUT2D eigenvalue weighted by atomic mass is 16.6. The standard InChI is InChI=1S/C16H21N3O3/c1-16(2,3)22-15(21)18-13-12(5-8-17-14(13)20)11-6-9-19(4)10-7-11/h5-9H,10H2,1-4H3,(H,17,20)(H,18,21). The zero-order valence-electron chi connectivity index (χ0n) is 13.3. The summed E-state index contributed by atoms with van der Waals surface area (Å²) in [5, 5.41) is 2.55. The summed E-state index contributed by atoms with van der Waals surface area (Å²) in [6, 6.07) is 1.76. The van der Waals surface area contributed by atoms with Crippen molar-refractivity contribution in [2.24, 2.45) is 0 Å². The lowest BCUT2D eigenvalue weighted by Crippen LogP contribution is -2.29. The van der Waals surface area contributed by atoms with Gasteiger partial charge in [-0.1, -0.05) is 6.08 Å². The largest absolute Gasteiger partial charge is 0.444 e. The van der Waals surface area contributed by atoms with E-state index >= 15 is 0 Å². The molecule has 22 heavy (non-hydrogen) atoms. The number of carbonyl (C=O) groups excluding carboxylic acids is 1. The van der Waals surface area contributed by atoms with Crippen LogP contribution in [-0.4, -0.2) is 35.2 Å². The van der Waals surface area contributed by atoms with Crippen molar-refractivity contribution in [2.75, 3.05) is 18.9 Å². The molecule has 0 spiro atoms. The van der Waals surface area contributed by atoms with Crippen LogP contribution in [0, 0.1) is 0 Å². The van der Waals surface area contributed by atoms with E-state index in [0.29, 0.717) is 5.56 Å². The fourth-order valence-corrected chi connectivity index (χ4v) is 2.03. The molecule has 2 rings (SSSR count). The van der Waals surface area contributed by atoms with Gasteiger partial charge in [0.1, 0.15) is 11.3 Å². The number of pyridine rings is 1. The maximum atomic E-state index is 12.1. The van der Waals surface area contributed by atoms with E-state index in [9.17, 15) is 9.59 Å². The van der Waals surface area contributed by atoms with Gasteiger partial charge < -0.3 is 14.6 Å². The minimum atomic E-state index is -0.650. The summed E-state index contributed by atoms with van der Waals surface area (Å²) in [5.41, 5.74) is 0.751. The van der Waals surface area contributed by atoms with Crippen molar-refractivity contribution in [1.29, 1.82) is 0 Å². The van der Waals surface area contributed by atoms with Crippen LogP contribution >= 0.6 is 0 Å². The van der Waals surface area contributed by atoms with Crippen molar-refractivity contribution in [3.63, 3.8) is 0 Å². The minimum absolute atomic E-state index is 0.192. The van der Waals surface area contributed by atoms with E-state index in [-0.39, 0.29) is 11.2 Å². The topological polar surface area (TPSA) is 74.4 Å². The highest BCUT2D eigenvalue weighted by Gasteiger charge is 2.19. The number of ether oxygens (including phenoxy) is 1. The van der Waals surface area contributed by atoms with Gasteiger partial charge in [0.25, 0.3) is 5.56 Å². The van der Waals surface area contributed by atoms with Crippen molar-refractivity contribution in [2.45, 2.75) is 26.4 Å². The number of likely N-dealkylation sites (N-methyl/N-ethyl adjacent to an activating group) is 1. The maximum Gasteiger partial charge on any atom is 0.412 e. The molecule has 0 bridgehead atoms. The molecule has 118 valence electrons. The van der Waals surface area contributed by atoms with Crippen LogP contribution in [0.15, 0.2) is 35.4 Å². The van der Waals surface area contributed by atoms with Crippen LogP contribution in [-0.2, 0) is 4.74 Å². The molecule has 0 atom stereocenters. The Hall–Kier alpha value is -2.50. The van der Waals surface area contributed by atoms with E-state index in [4.69, 9.17) is 4.74 Å². The lowest BCUT2D eigenvalue weighted by Gasteiger charge is -2.21. The normalized spacial score (nSPS) is 14.5. The molecule has 0 radical (unpaired) electrons. The third-order valence-electron chi connectivity index (χ3n) is 3.01. The van der Waals surface area contributed by atoms with Gasteiger partial charge in [-0.05, 0) is 44.7 Å².